The highest BCUT2D eigenvalue weighted by atomic mass is 79.9. The van der Waals surface area contributed by atoms with Crippen LogP contribution in [-0.2, 0) is 9.05 Å². The van der Waals surface area contributed by atoms with E-state index in [4.69, 9.17) is 10.7 Å². The Morgan fingerprint density at radius 3 is 2.57 bits per heavy atom. The molecule has 0 aliphatic heterocycles. The first-order valence-corrected chi connectivity index (χ1v) is 9.96. The van der Waals surface area contributed by atoms with E-state index in [-0.39, 0.29) is 10.8 Å². The monoisotopic (exact) mass is 393 g/mol. The van der Waals surface area contributed by atoms with E-state index >= 15 is 0 Å². The minimum atomic E-state index is -3.86. The standard InChI is InChI=1S/C14H17BrClNO3S/c1-2-5-17(9-10-3-4-10)14(18)11-6-12(15)8-13(7-11)21(16,19)20/h6-8,10H,2-5,9H2,1H3. The number of amides is 1. The van der Waals surface area contributed by atoms with Crippen LogP contribution in [0.2, 0.25) is 0 Å². The molecule has 1 amide bonds. The zero-order valence-electron chi connectivity index (χ0n) is 11.7. The molecule has 1 aromatic rings. The second kappa shape index (κ2) is 6.67. The fraction of sp³-hybridized carbons (Fsp3) is 0.500. The Morgan fingerprint density at radius 1 is 1.38 bits per heavy atom. The number of nitrogens with zero attached hydrogens (tertiary/aromatic N) is 1. The number of benzene rings is 1. The summed E-state index contributed by atoms with van der Waals surface area (Å²) in [5.74, 6) is 0.440. The highest BCUT2D eigenvalue weighted by Crippen LogP contribution is 2.30. The Hall–Kier alpha value is -0.590. The summed E-state index contributed by atoms with van der Waals surface area (Å²) in [6.45, 7) is 3.43. The van der Waals surface area contributed by atoms with E-state index in [0.29, 0.717) is 22.5 Å². The summed E-state index contributed by atoms with van der Waals surface area (Å²) in [6, 6.07) is 4.36. The molecule has 1 aliphatic rings. The predicted octanol–water partition coefficient (Wildman–Crippen LogP) is 3.64. The fourth-order valence-electron chi connectivity index (χ4n) is 2.17. The van der Waals surface area contributed by atoms with Crippen LogP contribution in [0.15, 0.2) is 27.6 Å². The van der Waals surface area contributed by atoms with Gasteiger partial charge in [-0.05, 0) is 43.4 Å². The van der Waals surface area contributed by atoms with Crippen LogP contribution in [0.1, 0.15) is 36.5 Å². The van der Waals surface area contributed by atoms with Crippen molar-refractivity contribution in [1.29, 1.82) is 0 Å². The molecule has 2 rings (SSSR count). The number of carbonyl (C=O) groups is 1. The van der Waals surface area contributed by atoms with Gasteiger partial charge in [0.15, 0.2) is 0 Å². The Bertz CT molecular complexity index is 644. The summed E-state index contributed by atoms with van der Waals surface area (Å²) in [5.41, 5.74) is 0.345. The third-order valence-corrected chi connectivity index (χ3v) is 5.15. The SMILES string of the molecule is CCCN(CC1CC1)C(=O)c1cc(Br)cc(S(=O)(=O)Cl)c1. The molecule has 0 saturated heterocycles. The van der Waals surface area contributed by atoms with E-state index in [1.54, 1.807) is 11.0 Å². The van der Waals surface area contributed by atoms with Crippen LogP contribution in [0.4, 0.5) is 0 Å². The molecule has 7 heteroatoms. The molecule has 1 saturated carbocycles. The molecule has 1 aliphatic carbocycles. The normalized spacial score (nSPS) is 15.0. The first kappa shape index (κ1) is 16.8. The van der Waals surface area contributed by atoms with Crippen molar-refractivity contribution in [1.82, 2.24) is 4.90 Å². The highest BCUT2D eigenvalue weighted by Gasteiger charge is 2.27. The molecular formula is C14H17BrClNO3S. The molecule has 0 spiro atoms. The maximum atomic E-state index is 12.6. The van der Waals surface area contributed by atoms with E-state index in [0.717, 1.165) is 25.8 Å². The molecule has 0 atom stereocenters. The zero-order chi connectivity index (χ0) is 15.6. The average molecular weight is 395 g/mol. The number of hydrogen-bond donors (Lipinski definition) is 0. The van der Waals surface area contributed by atoms with Gasteiger partial charge in [-0.3, -0.25) is 4.79 Å². The number of hydrogen-bond acceptors (Lipinski definition) is 3. The number of halogens is 2. The first-order chi connectivity index (χ1) is 9.81. The van der Waals surface area contributed by atoms with Gasteiger partial charge < -0.3 is 4.90 Å². The van der Waals surface area contributed by atoms with E-state index in [1.165, 1.54) is 12.1 Å². The first-order valence-electron chi connectivity index (χ1n) is 6.85. The minimum Gasteiger partial charge on any atom is -0.338 e. The molecule has 1 aromatic carbocycles. The lowest BCUT2D eigenvalue weighted by Gasteiger charge is -2.22. The van der Waals surface area contributed by atoms with Crippen LogP contribution in [0.25, 0.3) is 0 Å². The van der Waals surface area contributed by atoms with Crippen LogP contribution < -0.4 is 0 Å². The van der Waals surface area contributed by atoms with Crippen molar-refractivity contribution >= 4 is 41.6 Å². The van der Waals surface area contributed by atoms with Crippen LogP contribution in [-0.4, -0.2) is 32.3 Å². The summed E-state index contributed by atoms with van der Waals surface area (Å²) in [4.78, 5) is 14.3. The van der Waals surface area contributed by atoms with Crippen LogP contribution in [0.5, 0.6) is 0 Å². The molecule has 21 heavy (non-hydrogen) atoms. The van der Waals surface area contributed by atoms with Gasteiger partial charge in [0.1, 0.15) is 0 Å². The van der Waals surface area contributed by atoms with Crippen molar-refractivity contribution < 1.29 is 13.2 Å². The quantitative estimate of drug-likeness (QED) is 0.692. The van der Waals surface area contributed by atoms with Crippen molar-refractivity contribution in [3.05, 3.63) is 28.2 Å². The lowest BCUT2D eigenvalue weighted by Crippen LogP contribution is -2.33. The Kier molecular flexibility index (Phi) is 5.33. The third-order valence-electron chi connectivity index (χ3n) is 3.36. The topological polar surface area (TPSA) is 54.5 Å². The number of rotatable bonds is 6. The van der Waals surface area contributed by atoms with Crippen molar-refractivity contribution in [2.24, 2.45) is 5.92 Å². The molecule has 0 radical (unpaired) electrons. The van der Waals surface area contributed by atoms with Gasteiger partial charge in [0, 0.05) is 33.8 Å². The largest absolute Gasteiger partial charge is 0.338 e. The van der Waals surface area contributed by atoms with Gasteiger partial charge in [-0.1, -0.05) is 22.9 Å². The van der Waals surface area contributed by atoms with E-state index in [2.05, 4.69) is 15.9 Å². The molecule has 116 valence electrons. The van der Waals surface area contributed by atoms with Crippen LogP contribution in [0, 0.1) is 5.92 Å². The minimum absolute atomic E-state index is 0.0650. The molecule has 4 nitrogen and oxygen atoms in total. The van der Waals surface area contributed by atoms with Gasteiger partial charge in [0.05, 0.1) is 4.90 Å². The molecule has 0 N–H and O–H groups in total. The van der Waals surface area contributed by atoms with Crippen molar-refractivity contribution in [3.63, 3.8) is 0 Å². The van der Waals surface area contributed by atoms with Gasteiger partial charge in [-0.15, -0.1) is 0 Å². The maximum Gasteiger partial charge on any atom is 0.261 e. The molecule has 1 fully saturated rings. The summed E-state index contributed by atoms with van der Waals surface area (Å²) in [6.07, 6.45) is 3.19. The van der Waals surface area contributed by atoms with Crippen LogP contribution in [0.3, 0.4) is 0 Å². The summed E-state index contributed by atoms with van der Waals surface area (Å²) < 4.78 is 23.4. The Balaban J connectivity index is 2.29. The lowest BCUT2D eigenvalue weighted by molar-refractivity contribution is 0.0747. The molecule has 0 bridgehead atoms. The van der Waals surface area contributed by atoms with E-state index < -0.39 is 9.05 Å². The number of carbonyl (C=O) groups excluding carboxylic acids is 1. The van der Waals surface area contributed by atoms with Crippen molar-refractivity contribution in [2.45, 2.75) is 31.1 Å². The van der Waals surface area contributed by atoms with Crippen molar-refractivity contribution in [3.8, 4) is 0 Å². The molecule has 0 heterocycles. The van der Waals surface area contributed by atoms with Gasteiger partial charge in [0.25, 0.3) is 15.0 Å². The Morgan fingerprint density at radius 2 is 2.05 bits per heavy atom. The summed E-state index contributed by atoms with van der Waals surface area (Å²) in [7, 11) is 1.51. The second-order valence-electron chi connectivity index (χ2n) is 5.31. The lowest BCUT2D eigenvalue weighted by atomic mass is 10.2. The van der Waals surface area contributed by atoms with E-state index in [9.17, 15) is 13.2 Å². The fourth-order valence-corrected chi connectivity index (χ4v) is 3.61. The van der Waals surface area contributed by atoms with Gasteiger partial charge >= 0.3 is 0 Å². The second-order valence-corrected chi connectivity index (χ2v) is 8.79. The third kappa shape index (κ3) is 4.69. The highest BCUT2D eigenvalue weighted by molar-refractivity contribution is 9.10. The predicted molar refractivity (Wildman–Crippen MR) is 86.1 cm³/mol. The van der Waals surface area contributed by atoms with Gasteiger partial charge in [0.2, 0.25) is 0 Å². The van der Waals surface area contributed by atoms with Gasteiger partial charge in [-0.25, -0.2) is 8.42 Å². The molecule has 0 unspecified atom stereocenters. The van der Waals surface area contributed by atoms with Crippen molar-refractivity contribution in [2.75, 3.05) is 13.1 Å². The van der Waals surface area contributed by atoms with Gasteiger partial charge in [-0.2, -0.15) is 0 Å². The Labute approximate surface area is 138 Å². The van der Waals surface area contributed by atoms with Crippen LogP contribution >= 0.6 is 26.6 Å². The average Bonchev–Trinajstić information content (AvgIpc) is 3.19. The zero-order valence-corrected chi connectivity index (χ0v) is 14.8. The smallest absolute Gasteiger partial charge is 0.261 e. The summed E-state index contributed by atoms with van der Waals surface area (Å²) in [5, 5.41) is 0. The maximum absolute atomic E-state index is 12.6. The summed E-state index contributed by atoms with van der Waals surface area (Å²) >= 11 is 3.23. The molecule has 0 aromatic heterocycles. The van der Waals surface area contributed by atoms with E-state index in [1.807, 2.05) is 6.92 Å². The molecular weight excluding hydrogens is 378 g/mol.